The predicted molar refractivity (Wildman–Crippen MR) is 77.1 cm³/mol. The van der Waals surface area contributed by atoms with Gasteiger partial charge in [-0.15, -0.1) is 0 Å². The Morgan fingerprint density at radius 2 is 1.33 bits per heavy atom. The topological polar surface area (TPSA) is 116 Å². The van der Waals surface area contributed by atoms with Crippen molar-refractivity contribution in [3.05, 3.63) is 0 Å². The molecule has 21 heavy (non-hydrogen) atoms. The average Bonchev–Trinajstić information content (AvgIpc) is 2.31. The van der Waals surface area contributed by atoms with Crippen molar-refractivity contribution in [2.24, 2.45) is 10.8 Å². The Morgan fingerprint density at radius 3 is 1.71 bits per heavy atom. The molecule has 0 spiro atoms. The molecule has 0 heterocycles. The SMILES string of the molecule is CC(C)(C)CNC(=O)[C@H](O)[C@@H](O)C(=O)NC(=O)C(C)(C)C. The van der Waals surface area contributed by atoms with E-state index in [1.165, 1.54) is 0 Å². The molecule has 7 nitrogen and oxygen atoms in total. The van der Waals surface area contributed by atoms with Crippen molar-refractivity contribution in [1.29, 1.82) is 0 Å². The van der Waals surface area contributed by atoms with E-state index in [9.17, 15) is 24.6 Å². The zero-order valence-corrected chi connectivity index (χ0v) is 13.5. The van der Waals surface area contributed by atoms with Crippen LogP contribution in [0.2, 0.25) is 0 Å². The highest BCUT2D eigenvalue weighted by molar-refractivity contribution is 6.01. The molecule has 0 aliphatic rings. The molecule has 7 heteroatoms. The van der Waals surface area contributed by atoms with Crippen molar-refractivity contribution in [1.82, 2.24) is 10.6 Å². The van der Waals surface area contributed by atoms with E-state index >= 15 is 0 Å². The molecule has 2 atom stereocenters. The van der Waals surface area contributed by atoms with Crippen LogP contribution in [0.4, 0.5) is 0 Å². The minimum Gasteiger partial charge on any atom is -0.380 e. The largest absolute Gasteiger partial charge is 0.380 e. The van der Waals surface area contributed by atoms with Crippen LogP contribution in [0.1, 0.15) is 41.5 Å². The molecule has 0 aromatic rings. The van der Waals surface area contributed by atoms with Gasteiger partial charge in [0, 0.05) is 12.0 Å². The lowest BCUT2D eigenvalue weighted by Crippen LogP contribution is -2.52. The summed E-state index contributed by atoms with van der Waals surface area (Å²) in [4.78, 5) is 34.9. The molecule has 0 aromatic heterocycles. The summed E-state index contributed by atoms with van der Waals surface area (Å²) < 4.78 is 0. The number of amides is 3. The number of hydrogen-bond acceptors (Lipinski definition) is 5. The first kappa shape index (κ1) is 19.5. The Balaban J connectivity index is 4.56. The molecule has 4 N–H and O–H groups in total. The maximum atomic E-state index is 11.6. The van der Waals surface area contributed by atoms with Crippen LogP contribution < -0.4 is 10.6 Å². The van der Waals surface area contributed by atoms with Gasteiger partial charge >= 0.3 is 0 Å². The van der Waals surface area contributed by atoms with Gasteiger partial charge in [-0.05, 0) is 5.41 Å². The van der Waals surface area contributed by atoms with Crippen molar-refractivity contribution in [2.75, 3.05) is 6.54 Å². The molecule has 0 fully saturated rings. The van der Waals surface area contributed by atoms with Crippen LogP contribution in [0, 0.1) is 10.8 Å². The number of carbonyl (C=O) groups excluding carboxylic acids is 3. The Morgan fingerprint density at radius 1 is 0.905 bits per heavy atom. The summed E-state index contributed by atoms with van der Waals surface area (Å²) >= 11 is 0. The first-order valence-corrected chi connectivity index (χ1v) is 6.75. The summed E-state index contributed by atoms with van der Waals surface area (Å²) in [6.45, 7) is 10.7. The summed E-state index contributed by atoms with van der Waals surface area (Å²) in [5, 5.41) is 23.6. The first-order chi connectivity index (χ1) is 9.25. The molecular formula is C14H26N2O5. The number of rotatable bonds is 4. The van der Waals surface area contributed by atoms with Gasteiger partial charge in [-0.2, -0.15) is 0 Å². The van der Waals surface area contributed by atoms with Crippen LogP contribution in [0.15, 0.2) is 0 Å². The highest BCUT2D eigenvalue weighted by Crippen LogP contribution is 2.13. The van der Waals surface area contributed by atoms with Crippen LogP contribution in [0.5, 0.6) is 0 Å². The van der Waals surface area contributed by atoms with Gasteiger partial charge in [-0.25, -0.2) is 0 Å². The lowest BCUT2D eigenvalue weighted by molar-refractivity contribution is -0.149. The summed E-state index contributed by atoms with van der Waals surface area (Å²) in [5.74, 6) is -2.57. The minimum absolute atomic E-state index is 0.204. The van der Waals surface area contributed by atoms with Crippen LogP contribution in [0.3, 0.4) is 0 Å². The zero-order valence-electron chi connectivity index (χ0n) is 13.5. The highest BCUT2D eigenvalue weighted by Gasteiger charge is 2.33. The quantitative estimate of drug-likeness (QED) is 0.562. The van der Waals surface area contributed by atoms with E-state index in [1.54, 1.807) is 20.8 Å². The third kappa shape index (κ3) is 7.19. The van der Waals surface area contributed by atoms with Crippen molar-refractivity contribution in [2.45, 2.75) is 53.8 Å². The number of imide groups is 1. The molecular weight excluding hydrogens is 276 g/mol. The van der Waals surface area contributed by atoms with E-state index < -0.39 is 35.3 Å². The Labute approximate surface area is 125 Å². The van der Waals surface area contributed by atoms with Crippen LogP contribution in [0.25, 0.3) is 0 Å². The van der Waals surface area contributed by atoms with Crippen molar-refractivity contribution >= 4 is 17.7 Å². The third-order valence-electron chi connectivity index (χ3n) is 2.55. The predicted octanol–water partition coefficient (Wildman–Crippen LogP) is -0.441. The number of hydrogen-bond donors (Lipinski definition) is 4. The fourth-order valence-corrected chi connectivity index (χ4v) is 1.12. The van der Waals surface area contributed by atoms with Crippen molar-refractivity contribution in [3.63, 3.8) is 0 Å². The summed E-state index contributed by atoms with van der Waals surface area (Å²) in [7, 11) is 0. The molecule has 122 valence electrons. The molecule has 3 amide bonds. The molecule has 0 aliphatic heterocycles. The van der Waals surface area contributed by atoms with E-state index in [1.807, 2.05) is 26.1 Å². The molecule has 0 saturated carbocycles. The smallest absolute Gasteiger partial charge is 0.258 e. The highest BCUT2D eigenvalue weighted by atomic mass is 16.3. The second kappa shape index (κ2) is 7.00. The zero-order chi connectivity index (χ0) is 17.0. The maximum Gasteiger partial charge on any atom is 0.258 e. The van der Waals surface area contributed by atoms with E-state index in [4.69, 9.17) is 0 Å². The Kier molecular flexibility index (Phi) is 6.51. The summed E-state index contributed by atoms with van der Waals surface area (Å²) in [6.07, 6.45) is -3.93. The van der Waals surface area contributed by atoms with Crippen LogP contribution >= 0.6 is 0 Å². The fraction of sp³-hybridized carbons (Fsp3) is 0.786. The molecule has 0 radical (unpaired) electrons. The van der Waals surface area contributed by atoms with E-state index in [0.717, 1.165) is 0 Å². The number of aliphatic hydroxyl groups excluding tert-OH is 2. The van der Waals surface area contributed by atoms with E-state index in [2.05, 4.69) is 5.32 Å². The normalized spacial score (nSPS) is 15.0. The Hall–Kier alpha value is -1.47. The minimum atomic E-state index is -2.00. The van der Waals surface area contributed by atoms with Gasteiger partial charge in [-0.1, -0.05) is 41.5 Å². The van der Waals surface area contributed by atoms with Gasteiger partial charge in [0.05, 0.1) is 0 Å². The van der Waals surface area contributed by atoms with Crippen molar-refractivity contribution in [3.8, 4) is 0 Å². The average molecular weight is 302 g/mol. The van der Waals surface area contributed by atoms with Crippen molar-refractivity contribution < 1.29 is 24.6 Å². The standard InChI is InChI=1S/C14H26N2O5/c1-13(2,3)7-15-10(19)8(17)9(18)11(20)16-12(21)14(4,5)6/h8-9,17-18H,7H2,1-6H3,(H,15,19)(H,16,20,21)/t8-,9-/m1/s1. The lowest BCUT2D eigenvalue weighted by atomic mass is 9.95. The van der Waals surface area contributed by atoms with Gasteiger partial charge in [0.25, 0.3) is 11.8 Å². The van der Waals surface area contributed by atoms with Gasteiger partial charge in [0.15, 0.2) is 12.2 Å². The Bertz CT molecular complexity index is 407. The van der Waals surface area contributed by atoms with Gasteiger partial charge in [0.2, 0.25) is 5.91 Å². The van der Waals surface area contributed by atoms with Gasteiger partial charge < -0.3 is 15.5 Å². The van der Waals surface area contributed by atoms with Crippen LogP contribution in [-0.2, 0) is 14.4 Å². The van der Waals surface area contributed by atoms with E-state index in [-0.39, 0.29) is 12.0 Å². The van der Waals surface area contributed by atoms with Crippen LogP contribution in [-0.4, -0.2) is 46.7 Å². The summed E-state index contributed by atoms with van der Waals surface area (Å²) in [5.41, 5.74) is -1.03. The third-order valence-corrected chi connectivity index (χ3v) is 2.55. The second-order valence-corrected chi connectivity index (χ2v) is 7.24. The molecule has 0 rings (SSSR count). The van der Waals surface area contributed by atoms with E-state index in [0.29, 0.717) is 0 Å². The number of nitrogens with one attached hydrogen (secondary N) is 2. The molecule has 0 unspecified atom stereocenters. The number of carbonyl (C=O) groups is 3. The lowest BCUT2D eigenvalue weighted by Gasteiger charge is -2.23. The number of aliphatic hydroxyl groups is 2. The second-order valence-electron chi connectivity index (χ2n) is 7.24. The monoisotopic (exact) mass is 302 g/mol. The molecule has 0 saturated heterocycles. The first-order valence-electron chi connectivity index (χ1n) is 6.75. The van der Waals surface area contributed by atoms with Gasteiger partial charge in [0.1, 0.15) is 0 Å². The van der Waals surface area contributed by atoms with Gasteiger partial charge in [-0.3, -0.25) is 19.7 Å². The maximum absolute atomic E-state index is 11.6. The molecule has 0 aliphatic carbocycles. The molecule has 0 aromatic carbocycles. The fourth-order valence-electron chi connectivity index (χ4n) is 1.12. The summed E-state index contributed by atoms with van der Waals surface area (Å²) in [6, 6.07) is 0. The molecule has 0 bridgehead atoms.